The number of hydrogen-bond donors (Lipinski definition) is 4. The molecule has 0 fully saturated rings. The van der Waals surface area contributed by atoms with Gasteiger partial charge in [0, 0.05) is 12.7 Å². The van der Waals surface area contributed by atoms with Crippen LogP contribution < -0.4 is 26.6 Å². The maximum absolute atomic E-state index is 11.9. The van der Waals surface area contributed by atoms with Crippen molar-refractivity contribution < 1.29 is 14.3 Å². The number of H-pyrrole nitrogens is 2. The van der Waals surface area contributed by atoms with E-state index in [1.54, 1.807) is 18.2 Å². The minimum absolute atomic E-state index is 0.0297. The molecule has 0 spiro atoms. The molecule has 3 rings (SSSR count). The summed E-state index contributed by atoms with van der Waals surface area (Å²) in [6.07, 6.45) is 1.05. The SMILES string of the molecule is O=C1COc2ccc(CNC(=O)c3c[nH]c(=O)[nH]c3=O)cc2N1. The van der Waals surface area contributed by atoms with Crippen molar-refractivity contribution in [3.63, 3.8) is 0 Å². The molecule has 0 aliphatic carbocycles. The van der Waals surface area contributed by atoms with E-state index in [4.69, 9.17) is 4.74 Å². The Kier molecular flexibility index (Phi) is 3.67. The fourth-order valence-corrected chi connectivity index (χ4v) is 2.10. The van der Waals surface area contributed by atoms with Gasteiger partial charge in [-0.1, -0.05) is 6.07 Å². The van der Waals surface area contributed by atoms with Gasteiger partial charge in [0.1, 0.15) is 11.3 Å². The zero-order valence-electron chi connectivity index (χ0n) is 11.8. The van der Waals surface area contributed by atoms with Gasteiger partial charge in [-0.2, -0.15) is 0 Å². The molecular weight excluding hydrogens is 304 g/mol. The molecule has 0 atom stereocenters. The average molecular weight is 316 g/mol. The number of nitrogens with one attached hydrogen (secondary N) is 4. The van der Waals surface area contributed by atoms with Crippen LogP contribution in [0.3, 0.4) is 0 Å². The lowest BCUT2D eigenvalue weighted by Crippen LogP contribution is -2.33. The maximum atomic E-state index is 11.9. The molecule has 118 valence electrons. The standard InChI is InChI=1S/C14H12N4O5/c19-11-6-23-10-2-1-7(3-9(10)17-11)4-15-12(20)8-5-16-14(22)18-13(8)21/h1-3,5H,4,6H2,(H,15,20)(H,17,19)(H2,16,18,21,22). The van der Waals surface area contributed by atoms with Crippen molar-refractivity contribution in [2.45, 2.75) is 6.54 Å². The summed E-state index contributed by atoms with van der Waals surface area (Å²) in [5.41, 5.74) is -0.410. The number of anilines is 1. The highest BCUT2D eigenvalue weighted by atomic mass is 16.5. The molecule has 9 heteroatoms. The molecule has 23 heavy (non-hydrogen) atoms. The molecule has 9 nitrogen and oxygen atoms in total. The van der Waals surface area contributed by atoms with Gasteiger partial charge < -0.3 is 20.4 Å². The Bertz CT molecular complexity index is 899. The fraction of sp³-hybridized carbons (Fsp3) is 0.143. The van der Waals surface area contributed by atoms with Gasteiger partial charge in [-0.15, -0.1) is 0 Å². The highest BCUT2D eigenvalue weighted by Crippen LogP contribution is 2.28. The molecule has 0 saturated heterocycles. The molecule has 1 aliphatic rings. The van der Waals surface area contributed by atoms with Gasteiger partial charge in [0.25, 0.3) is 17.4 Å². The Morgan fingerprint density at radius 2 is 2.09 bits per heavy atom. The molecule has 0 radical (unpaired) electrons. The minimum atomic E-state index is -0.766. The first kappa shape index (κ1) is 14.6. The third-order valence-corrected chi connectivity index (χ3v) is 3.19. The van der Waals surface area contributed by atoms with Crippen molar-refractivity contribution in [3.05, 3.63) is 56.4 Å². The van der Waals surface area contributed by atoms with E-state index >= 15 is 0 Å². The summed E-state index contributed by atoms with van der Waals surface area (Å²) in [5.74, 6) is -0.323. The van der Waals surface area contributed by atoms with Crippen molar-refractivity contribution >= 4 is 17.5 Å². The third-order valence-electron chi connectivity index (χ3n) is 3.19. The molecule has 1 aromatic carbocycles. The van der Waals surface area contributed by atoms with Crippen LogP contribution in [0.5, 0.6) is 5.75 Å². The van der Waals surface area contributed by atoms with Gasteiger partial charge in [0.15, 0.2) is 6.61 Å². The van der Waals surface area contributed by atoms with Gasteiger partial charge in [0.2, 0.25) is 0 Å². The van der Waals surface area contributed by atoms with E-state index in [2.05, 4.69) is 15.6 Å². The topological polar surface area (TPSA) is 133 Å². The van der Waals surface area contributed by atoms with E-state index in [1.165, 1.54) is 0 Å². The highest BCUT2D eigenvalue weighted by Gasteiger charge is 2.16. The first-order chi connectivity index (χ1) is 11.0. The van der Waals surface area contributed by atoms with Crippen LogP contribution in [0.25, 0.3) is 0 Å². The van der Waals surface area contributed by atoms with Crippen molar-refractivity contribution in [3.8, 4) is 5.75 Å². The van der Waals surface area contributed by atoms with Crippen molar-refractivity contribution in [2.75, 3.05) is 11.9 Å². The second kappa shape index (κ2) is 5.79. The molecule has 2 aromatic rings. The molecule has 0 unspecified atom stereocenters. The predicted octanol–water partition coefficient (Wildman–Crippen LogP) is -0.676. The Hall–Kier alpha value is -3.36. The monoisotopic (exact) mass is 316 g/mol. The van der Waals surface area contributed by atoms with Crippen LogP contribution in [0.1, 0.15) is 15.9 Å². The van der Waals surface area contributed by atoms with E-state index in [-0.39, 0.29) is 24.6 Å². The van der Waals surface area contributed by atoms with E-state index in [0.29, 0.717) is 17.0 Å². The number of hydrogen-bond acceptors (Lipinski definition) is 5. The molecule has 1 aliphatic heterocycles. The van der Waals surface area contributed by atoms with E-state index in [0.717, 1.165) is 6.20 Å². The summed E-state index contributed by atoms with van der Waals surface area (Å²) >= 11 is 0. The quantitative estimate of drug-likeness (QED) is 0.595. The number of benzene rings is 1. The lowest BCUT2D eigenvalue weighted by atomic mass is 10.1. The summed E-state index contributed by atoms with van der Waals surface area (Å²) in [7, 11) is 0. The minimum Gasteiger partial charge on any atom is -0.482 e. The summed E-state index contributed by atoms with van der Waals surface area (Å²) in [5, 5.41) is 5.22. The second-order valence-electron chi connectivity index (χ2n) is 4.84. The Labute approximate surface area is 128 Å². The number of carbonyl (C=O) groups is 2. The molecule has 0 saturated carbocycles. The predicted molar refractivity (Wildman–Crippen MR) is 79.4 cm³/mol. The average Bonchev–Trinajstić information content (AvgIpc) is 2.52. The molecule has 1 aromatic heterocycles. The molecule has 0 bridgehead atoms. The maximum Gasteiger partial charge on any atom is 0.325 e. The lowest BCUT2D eigenvalue weighted by Gasteiger charge is -2.18. The Balaban J connectivity index is 1.72. The highest BCUT2D eigenvalue weighted by molar-refractivity contribution is 5.95. The van der Waals surface area contributed by atoms with E-state index in [9.17, 15) is 19.2 Å². The van der Waals surface area contributed by atoms with Crippen molar-refractivity contribution in [1.82, 2.24) is 15.3 Å². The van der Waals surface area contributed by atoms with Gasteiger partial charge in [-0.05, 0) is 17.7 Å². The third kappa shape index (κ3) is 3.12. The normalized spacial score (nSPS) is 12.8. The number of amides is 2. The summed E-state index contributed by atoms with van der Waals surface area (Å²) in [4.78, 5) is 49.9. The largest absolute Gasteiger partial charge is 0.482 e. The van der Waals surface area contributed by atoms with Crippen LogP contribution in [0.2, 0.25) is 0 Å². The van der Waals surface area contributed by atoms with Gasteiger partial charge in [-0.3, -0.25) is 19.4 Å². The first-order valence-electron chi connectivity index (χ1n) is 6.69. The van der Waals surface area contributed by atoms with Crippen LogP contribution >= 0.6 is 0 Å². The summed E-state index contributed by atoms with van der Waals surface area (Å²) < 4.78 is 5.23. The van der Waals surface area contributed by atoms with Gasteiger partial charge >= 0.3 is 5.69 Å². The van der Waals surface area contributed by atoms with Crippen molar-refractivity contribution in [1.29, 1.82) is 0 Å². The zero-order valence-corrected chi connectivity index (χ0v) is 11.8. The smallest absolute Gasteiger partial charge is 0.325 e. The summed E-state index contributed by atoms with van der Waals surface area (Å²) in [6.45, 7) is 0.110. The lowest BCUT2D eigenvalue weighted by molar-refractivity contribution is -0.118. The van der Waals surface area contributed by atoms with Gasteiger partial charge in [0.05, 0.1) is 5.69 Å². The Morgan fingerprint density at radius 3 is 2.87 bits per heavy atom. The second-order valence-corrected chi connectivity index (χ2v) is 4.84. The Morgan fingerprint density at radius 1 is 1.26 bits per heavy atom. The van der Waals surface area contributed by atoms with Crippen LogP contribution in [-0.2, 0) is 11.3 Å². The molecule has 4 N–H and O–H groups in total. The number of fused-ring (bicyclic) bond motifs is 1. The van der Waals surface area contributed by atoms with E-state index in [1.807, 2.05) is 4.98 Å². The van der Waals surface area contributed by atoms with E-state index < -0.39 is 17.2 Å². The summed E-state index contributed by atoms with van der Waals surface area (Å²) in [6, 6.07) is 5.08. The van der Waals surface area contributed by atoms with Gasteiger partial charge in [-0.25, -0.2) is 4.79 Å². The molecule has 2 amide bonds. The number of carbonyl (C=O) groups excluding carboxylic acids is 2. The first-order valence-corrected chi connectivity index (χ1v) is 6.69. The number of ether oxygens (including phenoxy) is 1. The van der Waals surface area contributed by atoms with Crippen LogP contribution in [0.15, 0.2) is 34.0 Å². The molecular formula is C14H12N4O5. The van der Waals surface area contributed by atoms with Crippen LogP contribution in [0, 0.1) is 0 Å². The van der Waals surface area contributed by atoms with Crippen LogP contribution in [-0.4, -0.2) is 28.4 Å². The number of aromatic nitrogens is 2. The zero-order chi connectivity index (χ0) is 16.4. The van der Waals surface area contributed by atoms with Crippen LogP contribution in [0.4, 0.5) is 5.69 Å². The molecule has 2 heterocycles. The number of rotatable bonds is 3. The number of aromatic amines is 2. The van der Waals surface area contributed by atoms with Crippen molar-refractivity contribution in [2.24, 2.45) is 0 Å². The fourth-order valence-electron chi connectivity index (χ4n) is 2.10.